The van der Waals surface area contributed by atoms with Gasteiger partial charge in [0.15, 0.2) is 0 Å². The average molecular weight is 360 g/mol. The number of hydrogen-bond donors (Lipinski definition) is 1. The summed E-state index contributed by atoms with van der Waals surface area (Å²) in [5, 5.41) is 10.2. The molecule has 0 saturated heterocycles. The third-order valence-corrected chi connectivity index (χ3v) is 4.90. The van der Waals surface area contributed by atoms with E-state index in [2.05, 4.69) is 15.5 Å². The van der Waals surface area contributed by atoms with Crippen LogP contribution in [-0.2, 0) is 6.42 Å². The number of halogens is 2. The van der Waals surface area contributed by atoms with E-state index >= 15 is 0 Å². The Hall–Kier alpha value is -1.41. The molecule has 0 bridgehead atoms. The normalized spacial score (nSPS) is 10.8. The highest BCUT2D eigenvalue weighted by Crippen LogP contribution is 2.24. The second kappa shape index (κ2) is 6.15. The van der Waals surface area contributed by atoms with E-state index in [9.17, 15) is 4.79 Å². The number of anilines is 1. The lowest BCUT2D eigenvalue weighted by molar-refractivity contribution is 0.102. The van der Waals surface area contributed by atoms with Gasteiger partial charge in [-0.05, 0) is 24.3 Å². The maximum atomic E-state index is 11.9. The SMILES string of the molecule is O=C(Nc1nnc(Cc2ccc(Cl)s2)o1)c1ccc(Cl)s1. The minimum Gasteiger partial charge on any atom is -0.407 e. The summed E-state index contributed by atoms with van der Waals surface area (Å²) in [4.78, 5) is 13.4. The number of hydrogen-bond acceptors (Lipinski definition) is 6. The van der Waals surface area contributed by atoms with Crippen LogP contribution >= 0.6 is 45.9 Å². The minimum absolute atomic E-state index is 0.0576. The molecule has 5 nitrogen and oxygen atoms in total. The van der Waals surface area contributed by atoms with E-state index < -0.39 is 0 Å². The van der Waals surface area contributed by atoms with Crippen LogP contribution < -0.4 is 5.32 Å². The van der Waals surface area contributed by atoms with Crippen molar-refractivity contribution in [2.24, 2.45) is 0 Å². The largest absolute Gasteiger partial charge is 0.407 e. The summed E-state index contributed by atoms with van der Waals surface area (Å²) in [5.41, 5.74) is 0. The van der Waals surface area contributed by atoms with Gasteiger partial charge in [0.25, 0.3) is 5.91 Å². The monoisotopic (exact) mass is 359 g/mol. The highest BCUT2D eigenvalue weighted by molar-refractivity contribution is 7.18. The zero-order chi connectivity index (χ0) is 14.8. The van der Waals surface area contributed by atoms with Crippen molar-refractivity contribution < 1.29 is 9.21 Å². The predicted octanol–water partition coefficient (Wildman–Crippen LogP) is 4.34. The van der Waals surface area contributed by atoms with E-state index in [-0.39, 0.29) is 11.9 Å². The zero-order valence-electron chi connectivity index (χ0n) is 10.3. The molecule has 0 aliphatic heterocycles. The van der Waals surface area contributed by atoms with Crippen LogP contribution in [0.3, 0.4) is 0 Å². The highest BCUT2D eigenvalue weighted by atomic mass is 35.5. The van der Waals surface area contributed by atoms with Crippen LogP contribution in [0.2, 0.25) is 8.67 Å². The number of thiophene rings is 2. The lowest BCUT2D eigenvalue weighted by Crippen LogP contribution is -2.10. The van der Waals surface area contributed by atoms with Crippen molar-refractivity contribution in [3.05, 3.63) is 48.6 Å². The summed E-state index contributed by atoms with van der Waals surface area (Å²) in [5.74, 6) is 0.0781. The Labute approximate surface area is 137 Å². The van der Waals surface area contributed by atoms with Gasteiger partial charge in [0.2, 0.25) is 5.89 Å². The van der Waals surface area contributed by atoms with Crippen LogP contribution in [0.25, 0.3) is 0 Å². The number of carbonyl (C=O) groups is 1. The standard InChI is InChI=1S/C12H7Cl2N3O2S2/c13-8-3-1-6(20-8)5-10-16-17-12(19-10)15-11(18)7-2-4-9(14)21-7/h1-4H,5H2,(H,15,17,18). The van der Waals surface area contributed by atoms with Crippen LogP contribution in [0, 0.1) is 0 Å². The molecular formula is C12H7Cl2N3O2S2. The Morgan fingerprint density at radius 2 is 1.90 bits per heavy atom. The third kappa shape index (κ3) is 3.62. The molecule has 3 rings (SSSR count). The number of nitrogens with zero attached hydrogens (tertiary/aromatic N) is 2. The van der Waals surface area contributed by atoms with Crippen molar-refractivity contribution >= 4 is 57.8 Å². The van der Waals surface area contributed by atoms with E-state index in [1.54, 1.807) is 18.2 Å². The Bertz CT molecular complexity index is 781. The quantitative estimate of drug-likeness (QED) is 0.751. The van der Waals surface area contributed by atoms with Crippen LogP contribution in [0.5, 0.6) is 0 Å². The first kappa shape index (κ1) is 14.5. The summed E-state index contributed by atoms with van der Waals surface area (Å²) in [6.45, 7) is 0. The molecule has 0 saturated carbocycles. The first-order valence-corrected chi connectivity index (χ1v) is 8.12. The number of rotatable bonds is 4. The molecule has 0 atom stereocenters. The Balaban J connectivity index is 1.66. The number of amides is 1. The van der Waals surface area contributed by atoms with Gasteiger partial charge >= 0.3 is 6.01 Å². The van der Waals surface area contributed by atoms with Gasteiger partial charge in [-0.1, -0.05) is 28.3 Å². The molecule has 108 valence electrons. The van der Waals surface area contributed by atoms with Crippen molar-refractivity contribution in [2.75, 3.05) is 5.32 Å². The van der Waals surface area contributed by atoms with Crippen molar-refractivity contribution in [3.63, 3.8) is 0 Å². The second-order valence-corrected chi connectivity index (χ2v) is 7.46. The summed E-state index contributed by atoms with van der Waals surface area (Å²) >= 11 is 14.3. The van der Waals surface area contributed by atoms with E-state index in [0.717, 1.165) is 4.88 Å². The van der Waals surface area contributed by atoms with Crippen molar-refractivity contribution in [1.82, 2.24) is 10.2 Å². The second-order valence-electron chi connectivity index (χ2n) is 3.94. The lowest BCUT2D eigenvalue weighted by Gasteiger charge is -1.96. The molecule has 9 heteroatoms. The van der Waals surface area contributed by atoms with Crippen LogP contribution in [0.1, 0.15) is 20.4 Å². The predicted molar refractivity (Wildman–Crippen MR) is 83.7 cm³/mol. The van der Waals surface area contributed by atoms with E-state index in [0.29, 0.717) is 25.9 Å². The summed E-state index contributed by atoms with van der Waals surface area (Å²) < 4.78 is 6.62. The van der Waals surface area contributed by atoms with Gasteiger partial charge in [-0.2, -0.15) is 0 Å². The van der Waals surface area contributed by atoms with Gasteiger partial charge in [-0.3, -0.25) is 10.1 Å². The first-order valence-electron chi connectivity index (χ1n) is 5.73. The molecule has 1 amide bonds. The fourth-order valence-corrected chi connectivity index (χ4v) is 3.58. The maximum Gasteiger partial charge on any atom is 0.322 e. The van der Waals surface area contributed by atoms with Gasteiger partial charge in [0.1, 0.15) is 0 Å². The molecule has 21 heavy (non-hydrogen) atoms. The fourth-order valence-electron chi connectivity index (χ4n) is 1.57. The van der Waals surface area contributed by atoms with E-state index in [4.69, 9.17) is 27.6 Å². The van der Waals surface area contributed by atoms with Gasteiger partial charge < -0.3 is 4.42 Å². The van der Waals surface area contributed by atoms with Crippen LogP contribution in [0.15, 0.2) is 28.7 Å². The molecular weight excluding hydrogens is 353 g/mol. The molecule has 3 aromatic heterocycles. The van der Waals surface area contributed by atoms with Crippen LogP contribution in [0.4, 0.5) is 6.01 Å². The highest BCUT2D eigenvalue weighted by Gasteiger charge is 2.14. The third-order valence-electron chi connectivity index (χ3n) is 2.44. The molecule has 0 spiro atoms. The number of nitrogens with one attached hydrogen (secondary N) is 1. The van der Waals surface area contributed by atoms with Crippen LogP contribution in [-0.4, -0.2) is 16.1 Å². The van der Waals surface area contributed by atoms with Gasteiger partial charge in [-0.25, -0.2) is 0 Å². The van der Waals surface area contributed by atoms with E-state index in [1.165, 1.54) is 22.7 Å². The average Bonchev–Trinajstić information content (AvgIpc) is 3.13. The van der Waals surface area contributed by atoms with Crippen molar-refractivity contribution in [2.45, 2.75) is 6.42 Å². The fraction of sp³-hybridized carbons (Fsp3) is 0.0833. The Kier molecular flexibility index (Phi) is 4.25. The molecule has 0 radical (unpaired) electrons. The van der Waals surface area contributed by atoms with E-state index in [1.807, 2.05) is 6.07 Å². The Morgan fingerprint density at radius 3 is 2.57 bits per heavy atom. The molecule has 1 N–H and O–H groups in total. The topological polar surface area (TPSA) is 68.0 Å². The molecule has 0 aliphatic rings. The molecule has 3 heterocycles. The first-order chi connectivity index (χ1) is 10.1. The van der Waals surface area contributed by atoms with Crippen molar-refractivity contribution in [1.29, 1.82) is 0 Å². The lowest BCUT2D eigenvalue weighted by atomic mass is 10.3. The summed E-state index contributed by atoms with van der Waals surface area (Å²) in [6.07, 6.45) is 0.477. The molecule has 0 aliphatic carbocycles. The Morgan fingerprint density at radius 1 is 1.14 bits per heavy atom. The number of aromatic nitrogens is 2. The number of carbonyl (C=O) groups excluding carboxylic acids is 1. The molecule has 3 aromatic rings. The van der Waals surface area contributed by atoms with Crippen molar-refractivity contribution in [3.8, 4) is 0 Å². The molecule has 0 unspecified atom stereocenters. The molecule has 0 fully saturated rings. The van der Waals surface area contributed by atoms with Gasteiger partial charge in [0, 0.05) is 4.88 Å². The summed E-state index contributed by atoms with van der Waals surface area (Å²) in [7, 11) is 0. The van der Waals surface area contributed by atoms with Gasteiger partial charge in [0.05, 0.1) is 20.0 Å². The zero-order valence-corrected chi connectivity index (χ0v) is 13.4. The molecule has 0 aromatic carbocycles. The summed E-state index contributed by atoms with van der Waals surface area (Å²) in [6, 6.07) is 7.04. The maximum absolute atomic E-state index is 11.9. The smallest absolute Gasteiger partial charge is 0.322 e. The van der Waals surface area contributed by atoms with Gasteiger partial charge in [-0.15, -0.1) is 27.8 Å². The minimum atomic E-state index is -0.332.